The first-order chi connectivity index (χ1) is 10.8. The SMILES string of the molecule is CCc1cnccc1CNC(=O)N1CCC(n2cccn2)C1. The Balaban J connectivity index is 1.55. The largest absolute Gasteiger partial charge is 0.334 e. The van der Waals surface area contributed by atoms with Gasteiger partial charge in [-0.2, -0.15) is 5.10 Å². The third kappa shape index (κ3) is 3.10. The third-order valence-corrected chi connectivity index (χ3v) is 4.17. The van der Waals surface area contributed by atoms with Crippen molar-refractivity contribution in [3.05, 3.63) is 48.0 Å². The van der Waals surface area contributed by atoms with Gasteiger partial charge in [-0.3, -0.25) is 9.67 Å². The molecule has 1 unspecified atom stereocenters. The number of urea groups is 1. The summed E-state index contributed by atoms with van der Waals surface area (Å²) < 4.78 is 1.94. The van der Waals surface area contributed by atoms with Gasteiger partial charge in [-0.15, -0.1) is 0 Å². The number of rotatable bonds is 4. The molecular weight excluding hydrogens is 278 g/mol. The van der Waals surface area contributed by atoms with E-state index in [0.29, 0.717) is 13.1 Å². The normalized spacial score (nSPS) is 17.7. The molecule has 1 aliphatic rings. The van der Waals surface area contributed by atoms with Crippen LogP contribution in [0.2, 0.25) is 0 Å². The first-order valence-electron chi connectivity index (χ1n) is 7.71. The monoisotopic (exact) mass is 299 g/mol. The van der Waals surface area contributed by atoms with E-state index >= 15 is 0 Å². The van der Waals surface area contributed by atoms with Crippen molar-refractivity contribution in [1.29, 1.82) is 0 Å². The number of pyridine rings is 1. The number of nitrogens with zero attached hydrogens (tertiary/aromatic N) is 4. The predicted molar refractivity (Wildman–Crippen MR) is 83.3 cm³/mol. The smallest absolute Gasteiger partial charge is 0.317 e. The Morgan fingerprint density at radius 2 is 2.32 bits per heavy atom. The van der Waals surface area contributed by atoms with Crippen LogP contribution in [0.4, 0.5) is 4.79 Å². The van der Waals surface area contributed by atoms with Gasteiger partial charge in [0.05, 0.1) is 6.04 Å². The molecule has 116 valence electrons. The van der Waals surface area contributed by atoms with Crippen LogP contribution in [-0.4, -0.2) is 38.8 Å². The van der Waals surface area contributed by atoms with Gasteiger partial charge in [0, 0.05) is 44.4 Å². The van der Waals surface area contributed by atoms with Crippen LogP contribution in [0.15, 0.2) is 36.9 Å². The maximum absolute atomic E-state index is 12.3. The Morgan fingerprint density at radius 1 is 1.41 bits per heavy atom. The molecule has 0 aromatic carbocycles. The second-order valence-corrected chi connectivity index (χ2v) is 5.53. The van der Waals surface area contributed by atoms with E-state index in [1.807, 2.05) is 34.1 Å². The van der Waals surface area contributed by atoms with Crippen molar-refractivity contribution in [1.82, 2.24) is 25.0 Å². The Hall–Kier alpha value is -2.37. The van der Waals surface area contributed by atoms with Crippen molar-refractivity contribution >= 4 is 6.03 Å². The highest BCUT2D eigenvalue weighted by atomic mass is 16.2. The van der Waals surface area contributed by atoms with Gasteiger partial charge in [0.15, 0.2) is 0 Å². The zero-order valence-electron chi connectivity index (χ0n) is 12.8. The number of amides is 2. The molecule has 0 spiro atoms. The number of aryl methyl sites for hydroxylation is 1. The molecule has 0 bridgehead atoms. The second-order valence-electron chi connectivity index (χ2n) is 5.53. The van der Waals surface area contributed by atoms with E-state index in [0.717, 1.165) is 24.9 Å². The van der Waals surface area contributed by atoms with Crippen LogP contribution in [0.3, 0.4) is 0 Å². The lowest BCUT2D eigenvalue weighted by Crippen LogP contribution is -2.38. The quantitative estimate of drug-likeness (QED) is 0.939. The van der Waals surface area contributed by atoms with Gasteiger partial charge in [0.1, 0.15) is 0 Å². The molecule has 2 amide bonds. The zero-order chi connectivity index (χ0) is 15.4. The van der Waals surface area contributed by atoms with Gasteiger partial charge in [-0.05, 0) is 36.1 Å². The Bertz CT molecular complexity index is 625. The van der Waals surface area contributed by atoms with Gasteiger partial charge < -0.3 is 10.2 Å². The summed E-state index contributed by atoms with van der Waals surface area (Å²) in [7, 11) is 0. The maximum Gasteiger partial charge on any atom is 0.317 e. The average Bonchev–Trinajstić information content (AvgIpc) is 3.23. The summed E-state index contributed by atoms with van der Waals surface area (Å²) in [5.74, 6) is 0. The Kier molecular flexibility index (Phi) is 4.37. The molecule has 3 rings (SSSR count). The summed E-state index contributed by atoms with van der Waals surface area (Å²) in [5, 5.41) is 7.27. The van der Waals surface area contributed by atoms with Gasteiger partial charge in [-0.1, -0.05) is 6.92 Å². The molecule has 1 saturated heterocycles. The van der Waals surface area contributed by atoms with Crippen molar-refractivity contribution in [2.45, 2.75) is 32.4 Å². The van der Waals surface area contributed by atoms with Crippen LogP contribution in [0, 0.1) is 0 Å². The van der Waals surface area contributed by atoms with Crippen molar-refractivity contribution in [2.24, 2.45) is 0 Å². The molecule has 22 heavy (non-hydrogen) atoms. The minimum atomic E-state index is -0.00600. The van der Waals surface area contributed by atoms with Gasteiger partial charge >= 0.3 is 6.03 Å². The lowest BCUT2D eigenvalue weighted by molar-refractivity contribution is 0.206. The summed E-state index contributed by atoms with van der Waals surface area (Å²) in [6.07, 6.45) is 9.24. The third-order valence-electron chi connectivity index (χ3n) is 4.17. The number of aromatic nitrogens is 3. The van der Waals surface area contributed by atoms with E-state index < -0.39 is 0 Å². The summed E-state index contributed by atoms with van der Waals surface area (Å²) >= 11 is 0. The standard InChI is InChI=1S/C16H21N5O/c1-2-13-10-17-7-4-14(13)11-18-16(22)20-9-5-15(12-20)21-8-3-6-19-21/h3-4,6-8,10,15H,2,5,9,11-12H2,1H3,(H,18,22). The number of carbonyl (C=O) groups is 1. The van der Waals surface area contributed by atoms with E-state index in [4.69, 9.17) is 0 Å². The summed E-state index contributed by atoms with van der Waals surface area (Å²) in [6, 6.07) is 4.16. The summed E-state index contributed by atoms with van der Waals surface area (Å²) in [5.41, 5.74) is 2.31. The van der Waals surface area contributed by atoms with Crippen LogP contribution < -0.4 is 5.32 Å². The minimum Gasteiger partial charge on any atom is -0.334 e. The first kappa shape index (κ1) is 14.6. The first-order valence-corrected chi connectivity index (χ1v) is 7.71. The number of nitrogens with one attached hydrogen (secondary N) is 1. The number of hydrogen-bond acceptors (Lipinski definition) is 3. The zero-order valence-corrected chi connectivity index (χ0v) is 12.8. The predicted octanol–water partition coefficient (Wildman–Crippen LogP) is 2.00. The molecule has 0 saturated carbocycles. The molecule has 1 N–H and O–H groups in total. The van der Waals surface area contributed by atoms with Crippen LogP contribution in [0.1, 0.15) is 30.5 Å². The highest BCUT2D eigenvalue weighted by Crippen LogP contribution is 2.20. The summed E-state index contributed by atoms with van der Waals surface area (Å²) in [6.45, 7) is 4.13. The van der Waals surface area contributed by atoms with Gasteiger partial charge in [-0.25, -0.2) is 4.79 Å². The molecule has 1 fully saturated rings. The fourth-order valence-electron chi connectivity index (χ4n) is 2.87. The molecule has 0 radical (unpaired) electrons. The number of carbonyl (C=O) groups excluding carboxylic acids is 1. The summed E-state index contributed by atoms with van der Waals surface area (Å²) in [4.78, 5) is 18.3. The fourth-order valence-corrected chi connectivity index (χ4v) is 2.87. The second kappa shape index (κ2) is 6.60. The van der Waals surface area contributed by atoms with Crippen molar-refractivity contribution in [3.8, 4) is 0 Å². The lowest BCUT2D eigenvalue weighted by atomic mass is 10.1. The van der Waals surface area contributed by atoms with Crippen LogP contribution >= 0.6 is 0 Å². The van der Waals surface area contributed by atoms with E-state index in [2.05, 4.69) is 22.3 Å². The minimum absolute atomic E-state index is 0.00600. The molecule has 6 heteroatoms. The van der Waals surface area contributed by atoms with Crippen molar-refractivity contribution < 1.29 is 4.79 Å². The van der Waals surface area contributed by atoms with E-state index in [1.165, 1.54) is 5.56 Å². The molecule has 1 aliphatic heterocycles. The van der Waals surface area contributed by atoms with Crippen molar-refractivity contribution in [3.63, 3.8) is 0 Å². The van der Waals surface area contributed by atoms with E-state index in [1.54, 1.807) is 12.4 Å². The molecule has 3 heterocycles. The average molecular weight is 299 g/mol. The molecule has 2 aromatic heterocycles. The lowest BCUT2D eigenvalue weighted by Gasteiger charge is -2.18. The topological polar surface area (TPSA) is 63.1 Å². The van der Waals surface area contributed by atoms with Crippen LogP contribution in [0.5, 0.6) is 0 Å². The number of likely N-dealkylation sites (tertiary alicyclic amines) is 1. The Labute approximate surface area is 130 Å². The molecule has 6 nitrogen and oxygen atoms in total. The molecule has 0 aliphatic carbocycles. The van der Waals surface area contributed by atoms with Crippen LogP contribution in [-0.2, 0) is 13.0 Å². The van der Waals surface area contributed by atoms with E-state index in [-0.39, 0.29) is 12.1 Å². The highest BCUT2D eigenvalue weighted by molar-refractivity contribution is 5.74. The fraction of sp³-hybridized carbons (Fsp3) is 0.438. The molecule has 2 aromatic rings. The van der Waals surface area contributed by atoms with E-state index in [9.17, 15) is 4.79 Å². The Morgan fingerprint density at radius 3 is 3.09 bits per heavy atom. The van der Waals surface area contributed by atoms with Crippen LogP contribution in [0.25, 0.3) is 0 Å². The van der Waals surface area contributed by atoms with Gasteiger partial charge in [0.25, 0.3) is 0 Å². The molecule has 1 atom stereocenters. The maximum atomic E-state index is 12.3. The van der Waals surface area contributed by atoms with Crippen molar-refractivity contribution in [2.75, 3.05) is 13.1 Å². The molecular formula is C16H21N5O. The highest BCUT2D eigenvalue weighted by Gasteiger charge is 2.27. The number of hydrogen-bond donors (Lipinski definition) is 1. The van der Waals surface area contributed by atoms with Gasteiger partial charge in [0.2, 0.25) is 0 Å².